The fraction of sp³-hybridized carbons (Fsp3) is 0.455. The first-order valence-electron chi connectivity index (χ1n) is 9.73. The fourth-order valence-electron chi connectivity index (χ4n) is 4.75. The zero-order chi connectivity index (χ0) is 18.4. The minimum absolute atomic E-state index is 0.0512. The maximum Gasteiger partial charge on any atom is 0.231 e. The van der Waals surface area contributed by atoms with Crippen molar-refractivity contribution in [2.24, 2.45) is 5.92 Å². The average molecular weight is 367 g/mol. The van der Waals surface area contributed by atoms with Crippen LogP contribution in [0.2, 0.25) is 0 Å². The van der Waals surface area contributed by atoms with Gasteiger partial charge in [-0.1, -0.05) is 25.1 Å². The van der Waals surface area contributed by atoms with Crippen LogP contribution in [0.1, 0.15) is 36.8 Å². The van der Waals surface area contributed by atoms with E-state index in [0.29, 0.717) is 0 Å². The SMILES string of the molecule is COc1ccccc1[C@H]1c2cc3c(cc2O[C@H](N2CCCC2)[C@H]1C)OCO3. The Morgan fingerprint density at radius 2 is 1.70 bits per heavy atom. The van der Waals surface area contributed by atoms with E-state index in [-0.39, 0.29) is 24.9 Å². The molecule has 0 bridgehead atoms. The Kier molecular flexibility index (Phi) is 4.12. The van der Waals surface area contributed by atoms with Gasteiger partial charge in [-0.05, 0) is 25.0 Å². The van der Waals surface area contributed by atoms with Crippen LogP contribution in [0.3, 0.4) is 0 Å². The van der Waals surface area contributed by atoms with Gasteiger partial charge >= 0.3 is 0 Å². The van der Waals surface area contributed by atoms with Crippen molar-refractivity contribution >= 4 is 0 Å². The summed E-state index contributed by atoms with van der Waals surface area (Å²) in [6.45, 7) is 4.73. The van der Waals surface area contributed by atoms with Gasteiger partial charge in [0.2, 0.25) is 6.79 Å². The smallest absolute Gasteiger partial charge is 0.231 e. The largest absolute Gasteiger partial charge is 0.496 e. The summed E-state index contributed by atoms with van der Waals surface area (Å²) < 4.78 is 23.5. The van der Waals surface area contributed by atoms with Crippen LogP contribution in [0, 0.1) is 5.92 Å². The normalized spacial score (nSPS) is 26.5. The molecule has 0 aromatic heterocycles. The van der Waals surface area contributed by atoms with Gasteiger partial charge in [0.15, 0.2) is 17.7 Å². The number of nitrogens with zero attached hydrogens (tertiary/aromatic N) is 1. The second-order valence-electron chi connectivity index (χ2n) is 7.57. The number of benzene rings is 2. The highest BCUT2D eigenvalue weighted by Gasteiger charge is 2.42. The van der Waals surface area contributed by atoms with Gasteiger partial charge < -0.3 is 18.9 Å². The molecule has 3 aliphatic rings. The van der Waals surface area contributed by atoms with Gasteiger partial charge in [0.1, 0.15) is 11.5 Å². The maximum absolute atomic E-state index is 6.53. The molecule has 27 heavy (non-hydrogen) atoms. The molecule has 3 heterocycles. The van der Waals surface area contributed by atoms with Crippen molar-refractivity contribution in [2.75, 3.05) is 27.0 Å². The Hall–Kier alpha value is -2.40. The number of para-hydroxylation sites is 1. The lowest BCUT2D eigenvalue weighted by Crippen LogP contribution is -2.47. The van der Waals surface area contributed by atoms with Gasteiger partial charge in [0, 0.05) is 42.1 Å². The van der Waals surface area contributed by atoms with Crippen molar-refractivity contribution in [3.63, 3.8) is 0 Å². The molecule has 0 N–H and O–H groups in total. The summed E-state index contributed by atoms with van der Waals surface area (Å²) in [7, 11) is 1.74. The van der Waals surface area contributed by atoms with Gasteiger partial charge in [-0.25, -0.2) is 0 Å². The highest BCUT2D eigenvalue weighted by Crippen LogP contribution is 2.51. The van der Waals surface area contributed by atoms with E-state index in [1.807, 2.05) is 18.2 Å². The number of methoxy groups -OCH3 is 1. The molecular weight excluding hydrogens is 342 g/mol. The van der Waals surface area contributed by atoms with E-state index >= 15 is 0 Å². The zero-order valence-electron chi connectivity index (χ0n) is 15.8. The van der Waals surface area contributed by atoms with E-state index in [1.165, 1.54) is 18.4 Å². The van der Waals surface area contributed by atoms with E-state index in [1.54, 1.807) is 7.11 Å². The number of ether oxygens (including phenoxy) is 4. The number of likely N-dealkylation sites (tertiary alicyclic amines) is 1. The molecule has 0 spiro atoms. The van der Waals surface area contributed by atoms with E-state index < -0.39 is 0 Å². The zero-order valence-corrected chi connectivity index (χ0v) is 15.8. The first-order valence-corrected chi connectivity index (χ1v) is 9.73. The summed E-state index contributed by atoms with van der Waals surface area (Å²) in [5.41, 5.74) is 2.34. The summed E-state index contributed by atoms with van der Waals surface area (Å²) in [5.74, 6) is 3.83. The van der Waals surface area contributed by atoms with Crippen LogP contribution in [-0.4, -0.2) is 38.1 Å². The van der Waals surface area contributed by atoms with Crippen molar-refractivity contribution < 1.29 is 18.9 Å². The molecule has 3 atom stereocenters. The van der Waals surface area contributed by atoms with Gasteiger partial charge in [-0.3, -0.25) is 4.90 Å². The standard InChI is InChI=1S/C22H25NO4/c1-14-21(15-7-3-4-8-17(15)24-2)16-11-19-20(26-13-25-19)12-18(16)27-22(14)23-9-5-6-10-23/h3-4,7-8,11-12,14,21-22H,5-6,9-10,13H2,1-2H3/t14-,21-,22-/m0/s1. The summed E-state index contributed by atoms with van der Waals surface area (Å²) in [4.78, 5) is 2.47. The Morgan fingerprint density at radius 1 is 0.963 bits per heavy atom. The van der Waals surface area contributed by atoms with Crippen LogP contribution in [0.25, 0.3) is 0 Å². The average Bonchev–Trinajstić information content (AvgIpc) is 3.37. The second-order valence-corrected chi connectivity index (χ2v) is 7.57. The molecule has 0 amide bonds. The fourth-order valence-corrected chi connectivity index (χ4v) is 4.75. The van der Waals surface area contributed by atoms with Crippen LogP contribution in [0.4, 0.5) is 0 Å². The Bertz CT molecular complexity index is 846. The molecule has 5 nitrogen and oxygen atoms in total. The molecule has 0 aliphatic carbocycles. The number of fused-ring (bicyclic) bond motifs is 2. The summed E-state index contributed by atoms with van der Waals surface area (Å²) in [6, 6.07) is 12.4. The van der Waals surface area contributed by atoms with Gasteiger partial charge in [0.25, 0.3) is 0 Å². The van der Waals surface area contributed by atoms with Crippen LogP contribution in [-0.2, 0) is 0 Å². The van der Waals surface area contributed by atoms with Crippen LogP contribution in [0.15, 0.2) is 36.4 Å². The van der Waals surface area contributed by atoms with Crippen molar-refractivity contribution in [3.05, 3.63) is 47.5 Å². The van der Waals surface area contributed by atoms with E-state index in [0.717, 1.165) is 41.7 Å². The van der Waals surface area contributed by atoms with Crippen molar-refractivity contribution in [2.45, 2.75) is 31.9 Å². The first-order chi connectivity index (χ1) is 13.3. The lowest BCUT2D eigenvalue weighted by Gasteiger charge is -2.42. The predicted molar refractivity (Wildman–Crippen MR) is 102 cm³/mol. The summed E-state index contributed by atoms with van der Waals surface area (Å²) in [5, 5.41) is 0. The molecule has 0 unspecified atom stereocenters. The third-order valence-electron chi connectivity index (χ3n) is 6.04. The molecular formula is C22H25NO4. The van der Waals surface area contributed by atoms with E-state index in [2.05, 4.69) is 30.0 Å². The van der Waals surface area contributed by atoms with Crippen LogP contribution in [0.5, 0.6) is 23.0 Å². The molecule has 142 valence electrons. The van der Waals surface area contributed by atoms with E-state index in [9.17, 15) is 0 Å². The lowest BCUT2D eigenvalue weighted by atomic mass is 9.77. The van der Waals surface area contributed by atoms with Crippen LogP contribution >= 0.6 is 0 Å². The number of hydrogen-bond donors (Lipinski definition) is 0. The topological polar surface area (TPSA) is 40.2 Å². The Labute approximate surface area is 159 Å². The third kappa shape index (κ3) is 2.72. The molecule has 1 fully saturated rings. The highest BCUT2D eigenvalue weighted by atomic mass is 16.7. The van der Waals surface area contributed by atoms with Gasteiger partial charge in [-0.15, -0.1) is 0 Å². The minimum Gasteiger partial charge on any atom is -0.496 e. The lowest BCUT2D eigenvalue weighted by molar-refractivity contribution is -0.0180. The molecule has 2 aromatic carbocycles. The van der Waals surface area contributed by atoms with Gasteiger partial charge in [-0.2, -0.15) is 0 Å². The number of rotatable bonds is 3. The second kappa shape index (κ2) is 6.64. The van der Waals surface area contributed by atoms with Gasteiger partial charge in [0.05, 0.1) is 7.11 Å². The first kappa shape index (κ1) is 16.8. The molecule has 5 rings (SSSR count). The molecule has 2 aromatic rings. The molecule has 5 heteroatoms. The Balaban J connectivity index is 1.65. The third-order valence-corrected chi connectivity index (χ3v) is 6.04. The highest BCUT2D eigenvalue weighted by molar-refractivity contribution is 5.57. The Morgan fingerprint density at radius 3 is 2.48 bits per heavy atom. The van der Waals surface area contributed by atoms with Crippen molar-refractivity contribution in [1.29, 1.82) is 0 Å². The molecule has 0 saturated carbocycles. The minimum atomic E-state index is 0.0512. The molecule has 1 saturated heterocycles. The molecule has 0 radical (unpaired) electrons. The maximum atomic E-state index is 6.53. The predicted octanol–water partition coefficient (Wildman–Crippen LogP) is 4.01. The van der Waals surface area contributed by atoms with Crippen molar-refractivity contribution in [3.8, 4) is 23.0 Å². The monoisotopic (exact) mass is 367 g/mol. The summed E-state index contributed by atoms with van der Waals surface area (Å²) in [6.07, 6.45) is 2.52. The number of hydrogen-bond acceptors (Lipinski definition) is 5. The molecule has 3 aliphatic heterocycles. The summed E-state index contributed by atoms with van der Waals surface area (Å²) >= 11 is 0. The van der Waals surface area contributed by atoms with Crippen molar-refractivity contribution in [1.82, 2.24) is 4.90 Å². The van der Waals surface area contributed by atoms with E-state index in [4.69, 9.17) is 18.9 Å². The quantitative estimate of drug-likeness (QED) is 0.820. The van der Waals surface area contributed by atoms with Crippen LogP contribution < -0.4 is 18.9 Å².